The second-order valence-electron chi connectivity index (χ2n) is 13.1. The average Bonchev–Trinajstić information content (AvgIpc) is 3.58. The molecule has 7 aromatic carbocycles. The lowest BCUT2D eigenvalue weighted by molar-refractivity contribution is 0.660. The minimum absolute atomic E-state index is 0.00751. The lowest BCUT2D eigenvalue weighted by atomic mass is 9.82. The van der Waals surface area contributed by atoms with Crippen molar-refractivity contribution < 1.29 is 0 Å². The average molecular weight is 603 g/mol. The third kappa shape index (κ3) is 4.40. The molecule has 47 heavy (non-hydrogen) atoms. The van der Waals surface area contributed by atoms with Crippen molar-refractivity contribution in [3.8, 4) is 39.1 Å². The predicted molar refractivity (Wildman–Crippen MR) is 199 cm³/mol. The lowest BCUT2D eigenvalue weighted by Crippen LogP contribution is -2.14. The number of aromatic nitrogens is 1. The fourth-order valence-electron chi connectivity index (χ4n) is 7.62. The highest BCUT2D eigenvalue weighted by Gasteiger charge is 2.36. The molecule has 0 fully saturated rings. The van der Waals surface area contributed by atoms with E-state index >= 15 is 0 Å². The van der Waals surface area contributed by atoms with E-state index in [4.69, 9.17) is 0 Å². The van der Waals surface area contributed by atoms with Crippen LogP contribution in [-0.2, 0) is 5.41 Å². The zero-order valence-corrected chi connectivity index (χ0v) is 26.5. The van der Waals surface area contributed by atoms with Crippen molar-refractivity contribution in [2.45, 2.75) is 19.3 Å². The van der Waals surface area contributed by atoms with Gasteiger partial charge in [-0.25, -0.2) is 0 Å². The van der Waals surface area contributed by atoms with Gasteiger partial charge in [0.05, 0.1) is 11.0 Å². The summed E-state index contributed by atoms with van der Waals surface area (Å²) >= 11 is 0. The number of nitrogens with zero attached hydrogens (tertiary/aromatic N) is 1. The second-order valence-corrected chi connectivity index (χ2v) is 13.1. The van der Waals surface area contributed by atoms with Gasteiger partial charge in [-0.05, 0) is 87.5 Å². The molecular weight excluding hydrogens is 569 g/mol. The van der Waals surface area contributed by atoms with Gasteiger partial charge in [-0.1, -0.05) is 129 Å². The molecule has 0 radical (unpaired) electrons. The Morgan fingerprint density at radius 1 is 0.468 bits per heavy atom. The Morgan fingerprint density at radius 2 is 1.06 bits per heavy atom. The molecule has 1 aliphatic carbocycles. The van der Waals surface area contributed by atoms with Crippen LogP contribution in [0.15, 0.2) is 164 Å². The van der Waals surface area contributed by atoms with Gasteiger partial charge in [-0.2, -0.15) is 0 Å². The maximum atomic E-state index is 3.73. The van der Waals surface area contributed by atoms with Crippen molar-refractivity contribution in [2.75, 3.05) is 5.32 Å². The van der Waals surface area contributed by atoms with Gasteiger partial charge in [0.1, 0.15) is 0 Å². The lowest BCUT2D eigenvalue weighted by Gasteiger charge is -2.21. The Bertz CT molecular complexity index is 2430. The first-order valence-electron chi connectivity index (χ1n) is 16.4. The highest BCUT2D eigenvalue weighted by atomic mass is 15.0. The Morgan fingerprint density at radius 3 is 1.85 bits per heavy atom. The molecule has 0 spiro atoms. The molecular formula is C45H34N2. The van der Waals surface area contributed by atoms with Gasteiger partial charge in [0, 0.05) is 38.8 Å². The number of fused-ring (bicyclic) bond motifs is 6. The van der Waals surface area contributed by atoms with E-state index < -0.39 is 0 Å². The van der Waals surface area contributed by atoms with Crippen LogP contribution >= 0.6 is 0 Å². The zero-order valence-electron chi connectivity index (χ0n) is 26.5. The van der Waals surface area contributed by atoms with Crippen LogP contribution < -0.4 is 5.32 Å². The standard InChI is InChI=1S/C45H34N2/c1-45(2)39-15-8-6-14-37(39)44-40(45)16-10-17-41(44)46-34-26-23-31(24-27-34)30-19-21-32(22-20-30)33-25-28-43-38(29-33)36-13-7-9-18-42(36)47(43)35-11-4-3-5-12-35/h3-29,46H,1-2H3. The first kappa shape index (κ1) is 27.5. The number of benzene rings is 7. The number of rotatable bonds is 5. The third-order valence-electron chi connectivity index (χ3n) is 10.0. The molecule has 1 aromatic heterocycles. The Hall–Kier alpha value is -5.86. The molecule has 0 saturated heterocycles. The minimum Gasteiger partial charge on any atom is -0.355 e. The van der Waals surface area contributed by atoms with Crippen molar-refractivity contribution in [3.63, 3.8) is 0 Å². The second kappa shape index (κ2) is 10.6. The molecule has 0 atom stereocenters. The number of hydrogen-bond donors (Lipinski definition) is 1. The normalized spacial score (nSPS) is 13.1. The van der Waals surface area contributed by atoms with Crippen molar-refractivity contribution in [3.05, 3.63) is 175 Å². The fourth-order valence-corrected chi connectivity index (χ4v) is 7.62. The molecule has 0 unspecified atom stereocenters. The van der Waals surface area contributed by atoms with Crippen LogP contribution in [0.5, 0.6) is 0 Å². The van der Waals surface area contributed by atoms with E-state index in [1.807, 2.05) is 0 Å². The summed E-state index contributed by atoms with van der Waals surface area (Å²) < 4.78 is 2.36. The summed E-state index contributed by atoms with van der Waals surface area (Å²) in [5, 5.41) is 6.27. The summed E-state index contributed by atoms with van der Waals surface area (Å²) in [6.45, 7) is 4.65. The maximum absolute atomic E-state index is 3.73. The van der Waals surface area contributed by atoms with E-state index in [0.717, 1.165) is 11.4 Å². The van der Waals surface area contributed by atoms with Gasteiger partial charge in [0.15, 0.2) is 0 Å². The van der Waals surface area contributed by atoms with Crippen molar-refractivity contribution in [2.24, 2.45) is 0 Å². The molecule has 1 N–H and O–H groups in total. The molecule has 8 aromatic rings. The van der Waals surface area contributed by atoms with Gasteiger partial charge < -0.3 is 9.88 Å². The summed E-state index contributed by atoms with van der Waals surface area (Å²) in [5.41, 5.74) is 16.1. The molecule has 0 saturated carbocycles. The number of hydrogen-bond acceptors (Lipinski definition) is 1. The minimum atomic E-state index is -0.00751. The van der Waals surface area contributed by atoms with Crippen LogP contribution in [0, 0.1) is 0 Å². The predicted octanol–water partition coefficient (Wildman–Crippen LogP) is 12.2. The largest absolute Gasteiger partial charge is 0.355 e. The number of anilines is 2. The third-order valence-corrected chi connectivity index (χ3v) is 10.0. The summed E-state index contributed by atoms with van der Waals surface area (Å²) in [6, 6.07) is 59.4. The molecule has 1 aliphatic rings. The van der Waals surface area contributed by atoms with Crippen molar-refractivity contribution in [1.29, 1.82) is 0 Å². The van der Waals surface area contributed by atoms with Crippen molar-refractivity contribution in [1.82, 2.24) is 4.57 Å². The molecule has 9 rings (SSSR count). The number of para-hydroxylation sites is 2. The van der Waals surface area contributed by atoms with Crippen LogP contribution in [0.25, 0.3) is 60.9 Å². The summed E-state index contributed by atoms with van der Waals surface area (Å²) in [6.07, 6.45) is 0. The van der Waals surface area contributed by atoms with Gasteiger partial charge in [-0.3, -0.25) is 0 Å². The molecule has 224 valence electrons. The smallest absolute Gasteiger partial charge is 0.0541 e. The molecule has 2 nitrogen and oxygen atoms in total. The molecule has 2 heteroatoms. The highest BCUT2D eigenvalue weighted by molar-refractivity contribution is 6.10. The summed E-state index contributed by atoms with van der Waals surface area (Å²) in [5.74, 6) is 0. The van der Waals surface area contributed by atoms with E-state index in [9.17, 15) is 0 Å². The van der Waals surface area contributed by atoms with Crippen LogP contribution in [-0.4, -0.2) is 4.57 Å². The maximum Gasteiger partial charge on any atom is 0.0541 e. The highest BCUT2D eigenvalue weighted by Crippen LogP contribution is 2.51. The number of nitrogens with one attached hydrogen (secondary N) is 1. The van der Waals surface area contributed by atoms with Crippen LogP contribution in [0.3, 0.4) is 0 Å². The van der Waals surface area contributed by atoms with E-state index in [2.05, 4.69) is 188 Å². The van der Waals surface area contributed by atoms with Crippen LogP contribution in [0.1, 0.15) is 25.0 Å². The van der Waals surface area contributed by atoms with E-state index in [1.54, 1.807) is 0 Å². The summed E-state index contributed by atoms with van der Waals surface area (Å²) in [7, 11) is 0. The Balaban J connectivity index is 0.999. The topological polar surface area (TPSA) is 17.0 Å². The van der Waals surface area contributed by atoms with E-state index in [1.165, 1.54) is 72.0 Å². The molecule has 0 amide bonds. The van der Waals surface area contributed by atoms with Gasteiger partial charge in [0.25, 0.3) is 0 Å². The van der Waals surface area contributed by atoms with Gasteiger partial charge >= 0.3 is 0 Å². The molecule has 0 bridgehead atoms. The summed E-state index contributed by atoms with van der Waals surface area (Å²) in [4.78, 5) is 0. The fraction of sp³-hybridized carbons (Fsp3) is 0.0667. The van der Waals surface area contributed by atoms with Crippen molar-refractivity contribution >= 4 is 33.2 Å². The SMILES string of the molecule is CC1(C)c2ccccc2-c2c(Nc3ccc(-c4ccc(-c5ccc6c(c5)c5ccccc5n6-c5ccccc5)cc4)cc3)cccc21. The molecule has 0 aliphatic heterocycles. The zero-order chi connectivity index (χ0) is 31.5. The van der Waals surface area contributed by atoms with E-state index in [0.29, 0.717) is 0 Å². The first-order valence-corrected chi connectivity index (χ1v) is 16.4. The van der Waals surface area contributed by atoms with E-state index in [-0.39, 0.29) is 5.41 Å². The first-order chi connectivity index (χ1) is 23.1. The molecule has 1 heterocycles. The van der Waals surface area contributed by atoms with Gasteiger partial charge in [-0.15, -0.1) is 0 Å². The Kier molecular flexibility index (Phi) is 6.20. The van der Waals surface area contributed by atoms with Crippen LogP contribution in [0.4, 0.5) is 11.4 Å². The Labute approximate surface area is 275 Å². The van der Waals surface area contributed by atoms with Gasteiger partial charge in [0.2, 0.25) is 0 Å². The quantitative estimate of drug-likeness (QED) is 0.207. The monoisotopic (exact) mass is 602 g/mol. The van der Waals surface area contributed by atoms with Crippen LogP contribution in [0.2, 0.25) is 0 Å².